The van der Waals surface area contributed by atoms with E-state index >= 15 is 0 Å². The molecule has 53 heavy (non-hydrogen) atoms. The molecule has 0 saturated heterocycles. The van der Waals surface area contributed by atoms with Crippen molar-refractivity contribution >= 4 is 52.0 Å². The molecule has 0 fully saturated rings. The largest absolute Gasteiger partial charge is 0.311 e. The summed E-state index contributed by atoms with van der Waals surface area (Å²) in [5.41, 5.74) is 14.7. The molecule has 7 aromatic rings. The fraction of sp³-hybridized carbons (Fsp3) is 0.0612. The van der Waals surface area contributed by atoms with Crippen molar-refractivity contribution in [3.8, 4) is 17.2 Å². The second-order valence-electron chi connectivity index (χ2n) is 13.7. The van der Waals surface area contributed by atoms with Crippen LogP contribution in [-0.2, 0) is 5.41 Å². The highest BCUT2D eigenvalue weighted by Gasteiger charge is 2.36. The van der Waals surface area contributed by atoms with Crippen LogP contribution >= 0.6 is 0 Å². The van der Waals surface area contributed by atoms with Gasteiger partial charge in [-0.05, 0) is 118 Å². The average Bonchev–Trinajstić information content (AvgIpc) is 3.44. The summed E-state index contributed by atoms with van der Waals surface area (Å²) >= 11 is 0. The Balaban J connectivity index is 1.07. The summed E-state index contributed by atoms with van der Waals surface area (Å²) in [6.07, 6.45) is 4.36. The summed E-state index contributed by atoms with van der Waals surface area (Å²) < 4.78 is 0. The number of para-hydroxylation sites is 2. The molecule has 7 aromatic carbocycles. The lowest BCUT2D eigenvalue weighted by Crippen LogP contribution is -2.16. The number of hydrogen-bond donors (Lipinski definition) is 0. The number of rotatable bonds is 8. The molecule has 0 aliphatic heterocycles. The summed E-state index contributed by atoms with van der Waals surface area (Å²) in [6.45, 7) is 12.0. The molecule has 0 unspecified atom stereocenters. The van der Waals surface area contributed by atoms with Gasteiger partial charge in [-0.1, -0.05) is 111 Å². The van der Waals surface area contributed by atoms with Crippen LogP contribution in [0.3, 0.4) is 0 Å². The summed E-state index contributed by atoms with van der Waals surface area (Å²) in [5, 5.41) is 9.31. The van der Waals surface area contributed by atoms with Gasteiger partial charge in [-0.3, -0.25) is 0 Å². The van der Waals surface area contributed by atoms with Crippen molar-refractivity contribution < 1.29 is 0 Å². The zero-order chi connectivity index (χ0) is 36.4. The predicted octanol–water partition coefficient (Wildman–Crippen LogP) is 13.5. The molecule has 1 aliphatic carbocycles. The zero-order valence-corrected chi connectivity index (χ0v) is 29.6. The fourth-order valence-electron chi connectivity index (χ4n) is 7.32. The monoisotopic (exact) mass is 680 g/mol. The molecule has 4 nitrogen and oxygen atoms in total. The van der Waals surface area contributed by atoms with E-state index in [1.54, 1.807) is 0 Å². The number of anilines is 6. The van der Waals surface area contributed by atoms with Crippen LogP contribution in [0.2, 0.25) is 0 Å². The van der Waals surface area contributed by atoms with Crippen molar-refractivity contribution in [1.29, 1.82) is 5.26 Å². The van der Waals surface area contributed by atoms with E-state index in [0.717, 1.165) is 45.3 Å². The summed E-state index contributed by atoms with van der Waals surface area (Å²) in [5.74, 6) is 0. The van der Waals surface area contributed by atoms with Gasteiger partial charge in [0.05, 0.1) is 18.2 Å². The molecular weight excluding hydrogens is 645 g/mol. The quantitative estimate of drug-likeness (QED) is 0.118. The van der Waals surface area contributed by atoms with E-state index in [0.29, 0.717) is 11.3 Å². The summed E-state index contributed by atoms with van der Waals surface area (Å²) in [6, 6.07) is 60.6. The van der Waals surface area contributed by atoms with Gasteiger partial charge >= 0.3 is 0 Å². The van der Waals surface area contributed by atoms with Crippen molar-refractivity contribution in [2.24, 2.45) is 0 Å². The van der Waals surface area contributed by atoms with Crippen LogP contribution in [0.1, 0.15) is 41.7 Å². The molecule has 0 atom stereocenters. The van der Waals surface area contributed by atoms with Crippen LogP contribution in [0.25, 0.3) is 28.1 Å². The fourth-order valence-corrected chi connectivity index (χ4v) is 7.32. The number of nitriles is 1. The Morgan fingerprint density at radius 3 is 1.51 bits per heavy atom. The third-order valence-electron chi connectivity index (χ3n) is 10.1. The van der Waals surface area contributed by atoms with Crippen molar-refractivity contribution in [2.75, 3.05) is 9.80 Å². The molecule has 0 amide bonds. The second kappa shape index (κ2) is 13.9. The van der Waals surface area contributed by atoms with Crippen LogP contribution in [0.4, 0.5) is 39.8 Å². The molecule has 1 aliphatic rings. The SMILES string of the molecule is [C-]#[N+]c1ccc(N(c2ccccc2)c2ccc3c(c2)C(C)(C)c2cc(/C=C/c4ccc(N(c5ccccc5)c5ccc(C#N)cc5)cc4)ccc2-3)cc1. The van der Waals surface area contributed by atoms with Gasteiger partial charge < -0.3 is 9.80 Å². The standard InChI is InChI=1S/C49H36N4/c1-49(2)47-32-36(15-14-35-16-23-41(24-17-35)52(39-10-6-4-7-11-39)42-25-18-37(34-50)19-26-42)20-30-45(47)46-31-29-44(33-48(46)49)53(40-12-8-5-9-13-40)43-27-21-38(51-3)22-28-43/h4-33H,1-2H3/b15-14+. The first-order chi connectivity index (χ1) is 25.9. The molecule has 0 aromatic heterocycles. The maximum absolute atomic E-state index is 9.31. The smallest absolute Gasteiger partial charge is 0.187 e. The molecular formula is C49H36N4. The van der Waals surface area contributed by atoms with E-state index in [1.807, 2.05) is 72.8 Å². The number of hydrogen-bond acceptors (Lipinski definition) is 3. The van der Waals surface area contributed by atoms with E-state index in [1.165, 1.54) is 22.3 Å². The zero-order valence-electron chi connectivity index (χ0n) is 29.6. The van der Waals surface area contributed by atoms with Gasteiger partial charge in [-0.15, -0.1) is 0 Å². The lowest BCUT2D eigenvalue weighted by Gasteiger charge is -2.28. The molecule has 0 saturated carbocycles. The van der Waals surface area contributed by atoms with Gasteiger partial charge in [0.2, 0.25) is 0 Å². The first-order valence-electron chi connectivity index (χ1n) is 17.7. The maximum atomic E-state index is 9.31. The number of nitrogens with zero attached hydrogens (tertiary/aromatic N) is 4. The van der Waals surface area contributed by atoms with Gasteiger partial charge in [-0.2, -0.15) is 5.26 Å². The Morgan fingerprint density at radius 1 is 0.509 bits per heavy atom. The normalized spacial score (nSPS) is 12.4. The predicted molar refractivity (Wildman–Crippen MR) is 220 cm³/mol. The topological polar surface area (TPSA) is 34.6 Å². The Bertz CT molecular complexity index is 2520. The number of benzene rings is 7. The maximum Gasteiger partial charge on any atom is 0.187 e. The van der Waals surface area contributed by atoms with Crippen LogP contribution < -0.4 is 9.80 Å². The molecule has 0 bridgehead atoms. The second-order valence-corrected chi connectivity index (χ2v) is 13.7. The van der Waals surface area contributed by atoms with E-state index in [9.17, 15) is 5.26 Å². The highest BCUT2D eigenvalue weighted by molar-refractivity contribution is 5.87. The van der Waals surface area contributed by atoms with Gasteiger partial charge in [0, 0.05) is 39.5 Å². The van der Waals surface area contributed by atoms with Crippen LogP contribution in [0.5, 0.6) is 0 Å². The lowest BCUT2D eigenvalue weighted by molar-refractivity contribution is 0.660. The number of fused-ring (bicyclic) bond motifs is 3. The minimum Gasteiger partial charge on any atom is -0.311 e. The van der Waals surface area contributed by atoms with E-state index in [4.69, 9.17) is 6.57 Å². The first kappa shape index (κ1) is 33.0. The van der Waals surface area contributed by atoms with Crippen molar-refractivity contribution in [1.82, 2.24) is 0 Å². The van der Waals surface area contributed by atoms with E-state index in [2.05, 4.69) is 144 Å². The molecule has 0 heterocycles. The molecule has 4 heteroatoms. The average molecular weight is 681 g/mol. The van der Waals surface area contributed by atoms with Gasteiger partial charge in [0.1, 0.15) is 0 Å². The first-order valence-corrected chi connectivity index (χ1v) is 17.7. The van der Waals surface area contributed by atoms with Crippen molar-refractivity contribution in [2.45, 2.75) is 19.3 Å². The highest BCUT2D eigenvalue weighted by Crippen LogP contribution is 2.51. The van der Waals surface area contributed by atoms with Crippen LogP contribution in [0.15, 0.2) is 170 Å². The Labute approximate surface area is 311 Å². The van der Waals surface area contributed by atoms with Gasteiger partial charge in [-0.25, -0.2) is 4.85 Å². The molecule has 8 rings (SSSR count). The lowest BCUT2D eigenvalue weighted by atomic mass is 9.81. The van der Waals surface area contributed by atoms with Crippen molar-refractivity contribution in [3.05, 3.63) is 209 Å². The highest BCUT2D eigenvalue weighted by atomic mass is 15.1. The van der Waals surface area contributed by atoms with E-state index in [-0.39, 0.29) is 5.41 Å². The minimum absolute atomic E-state index is 0.200. The van der Waals surface area contributed by atoms with Crippen LogP contribution in [-0.4, -0.2) is 0 Å². The molecule has 252 valence electrons. The Kier molecular flexibility index (Phi) is 8.65. The summed E-state index contributed by atoms with van der Waals surface area (Å²) in [4.78, 5) is 8.05. The van der Waals surface area contributed by atoms with Gasteiger partial charge in [0.25, 0.3) is 0 Å². The molecule has 0 N–H and O–H groups in total. The molecule has 0 radical (unpaired) electrons. The Morgan fingerprint density at radius 2 is 0.943 bits per heavy atom. The minimum atomic E-state index is -0.200. The van der Waals surface area contributed by atoms with E-state index < -0.39 is 0 Å². The molecule has 0 spiro atoms. The third-order valence-corrected chi connectivity index (χ3v) is 10.1. The van der Waals surface area contributed by atoms with Crippen LogP contribution in [0, 0.1) is 17.9 Å². The van der Waals surface area contributed by atoms with Gasteiger partial charge in [0.15, 0.2) is 5.69 Å². The Hall–Kier alpha value is -7.14. The van der Waals surface area contributed by atoms with Crippen molar-refractivity contribution in [3.63, 3.8) is 0 Å². The third kappa shape index (κ3) is 6.36. The summed E-state index contributed by atoms with van der Waals surface area (Å²) in [7, 11) is 0.